The number of hydrogen-bond acceptors (Lipinski definition) is 1. The van der Waals surface area contributed by atoms with E-state index in [9.17, 15) is 13.2 Å². The van der Waals surface area contributed by atoms with Crippen LogP contribution in [0.1, 0.15) is 11.1 Å². The lowest BCUT2D eigenvalue weighted by Gasteiger charge is -2.14. The smallest absolute Gasteiger partial charge is 0.309 e. The first kappa shape index (κ1) is 12.0. The zero-order valence-corrected chi connectivity index (χ0v) is 8.73. The number of alkyl halides is 3. The van der Waals surface area contributed by atoms with Crippen LogP contribution in [0.4, 0.5) is 13.2 Å². The maximum atomic E-state index is 12.5. The summed E-state index contributed by atoms with van der Waals surface area (Å²) < 4.78 is 37.6. The molecule has 0 spiro atoms. The van der Waals surface area contributed by atoms with Crippen LogP contribution in [-0.2, 0) is 12.6 Å². The molecule has 15 heavy (non-hydrogen) atoms. The molecule has 83 valence electrons. The van der Waals surface area contributed by atoms with Gasteiger partial charge >= 0.3 is 6.18 Å². The van der Waals surface area contributed by atoms with Crippen LogP contribution in [0.5, 0.6) is 0 Å². The SMILES string of the molecule is CN(C)CCc1cc[c]cc1C(F)(F)F. The van der Waals surface area contributed by atoms with E-state index in [0.29, 0.717) is 18.5 Å². The van der Waals surface area contributed by atoms with Gasteiger partial charge in [-0.25, -0.2) is 0 Å². The first-order chi connectivity index (χ1) is 6.91. The van der Waals surface area contributed by atoms with Crippen molar-refractivity contribution in [2.24, 2.45) is 0 Å². The van der Waals surface area contributed by atoms with Gasteiger partial charge in [0.15, 0.2) is 0 Å². The van der Waals surface area contributed by atoms with E-state index in [1.54, 1.807) is 0 Å². The zero-order chi connectivity index (χ0) is 11.5. The van der Waals surface area contributed by atoms with Crippen molar-refractivity contribution in [2.75, 3.05) is 20.6 Å². The highest BCUT2D eigenvalue weighted by molar-refractivity contribution is 5.29. The number of benzene rings is 1. The molecular weight excluding hydrogens is 203 g/mol. The normalized spacial score (nSPS) is 12.1. The van der Waals surface area contributed by atoms with Gasteiger partial charge in [0.1, 0.15) is 0 Å². The Bertz CT molecular complexity index is 318. The van der Waals surface area contributed by atoms with Gasteiger partial charge in [-0.2, -0.15) is 13.2 Å². The van der Waals surface area contributed by atoms with Crippen LogP contribution in [-0.4, -0.2) is 25.5 Å². The molecule has 0 N–H and O–H groups in total. The van der Waals surface area contributed by atoms with Gasteiger partial charge in [0.25, 0.3) is 0 Å². The molecule has 1 radical (unpaired) electrons. The molecule has 0 aromatic heterocycles. The second kappa shape index (κ2) is 4.66. The Hall–Kier alpha value is -1.03. The molecule has 4 heteroatoms. The van der Waals surface area contributed by atoms with Gasteiger partial charge in [-0.3, -0.25) is 0 Å². The predicted octanol–water partition coefficient (Wildman–Crippen LogP) is 2.61. The minimum Gasteiger partial charge on any atom is -0.309 e. The summed E-state index contributed by atoms with van der Waals surface area (Å²) in [6.07, 6.45) is -3.88. The molecule has 0 saturated heterocycles. The van der Waals surface area contributed by atoms with E-state index in [2.05, 4.69) is 6.07 Å². The molecule has 0 amide bonds. The molecule has 0 aliphatic rings. The lowest BCUT2D eigenvalue weighted by molar-refractivity contribution is -0.138. The first-order valence-corrected chi connectivity index (χ1v) is 4.62. The first-order valence-electron chi connectivity index (χ1n) is 4.62. The summed E-state index contributed by atoms with van der Waals surface area (Å²) in [6, 6.07) is 6.46. The van der Waals surface area contributed by atoms with Gasteiger partial charge in [0, 0.05) is 6.54 Å². The van der Waals surface area contributed by atoms with E-state index < -0.39 is 11.7 Å². The van der Waals surface area contributed by atoms with Crippen LogP contribution >= 0.6 is 0 Å². The third kappa shape index (κ3) is 3.55. The monoisotopic (exact) mass is 216 g/mol. The summed E-state index contributed by atoms with van der Waals surface area (Å²) in [5.41, 5.74) is -0.248. The number of nitrogens with zero attached hydrogens (tertiary/aromatic N) is 1. The quantitative estimate of drug-likeness (QED) is 0.750. The second-order valence-electron chi connectivity index (χ2n) is 3.63. The van der Waals surface area contributed by atoms with Crippen molar-refractivity contribution < 1.29 is 13.2 Å². The number of halogens is 3. The average molecular weight is 216 g/mol. The van der Waals surface area contributed by atoms with E-state index in [-0.39, 0.29) is 0 Å². The van der Waals surface area contributed by atoms with Crippen LogP contribution in [0.15, 0.2) is 18.2 Å². The van der Waals surface area contributed by atoms with Gasteiger partial charge in [-0.15, -0.1) is 0 Å². The zero-order valence-electron chi connectivity index (χ0n) is 8.73. The van der Waals surface area contributed by atoms with Crippen LogP contribution in [0.25, 0.3) is 0 Å². The molecule has 0 aliphatic heterocycles. The van der Waals surface area contributed by atoms with E-state index in [1.165, 1.54) is 12.1 Å². The van der Waals surface area contributed by atoms with E-state index in [4.69, 9.17) is 0 Å². The molecule has 1 aromatic rings. The molecule has 0 bridgehead atoms. The summed E-state index contributed by atoms with van der Waals surface area (Å²) in [5.74, 6) is 0. The highest BCUT2D eigenvalue weighted by atomic mass is 19.4. The highest BCUT2D eigenvalue weighted by Gasteiger charge is 2.32. The Kier molecular flexibility index (Phi) is 3.74. The summed E-state index contributed by atoms with van der Waals surface area (Å²) >= 11 is 0. The van der Waals surface area contributed by atoms with Crippen LogP contribution < -0.4 is 0 Å². The molecule has 0 fully saturated rings. The van der Waals surface area contributed by atoms with Crippen LogP contribution in [0.3, 0.4) is 0 Å². The predicted molar refractivity (Wildman–Crippen MR) is 52.5 cm³/mol. The summed E-state index contributed by atoms with van der Waals surface area (Å²) in [6.45, 7) is 0.604. The van der Waals surface area contributed by atoms with Crippen molar-refractivity contribution in [3.63, 3.8) is 0 Å². The van der Waals surface area contributed by atoms with Crippen molar-refractivity contribution in [1.29, 1.82) is 0 Å². The van der Waals surface area contributed by atoms with Crippen molar-refractivity contribution in [1.82, 2.24) is 4.90 Å². The Morgan fingerprint density at radius 3 is 2.53 bits per heavy atom. The summed E-state index contributed by atoms with van der Waals surface area (Å²) in [5, 5.41) is 0. The van der Waals surface area contributed by atoms with Gasteiger partial charge in [-0.05, 0) is 38.2 Å². The lowest BCUT2D eigenvalue weighted by atomic mass is 10.0. The fraction of sp³-hybridized carbons (Fsp3) is 0.455. The minimum atomic E-state index is -4.28. The number of rotatable bonds is 3. The molecule has 0 saturated carbocycles. The topological polar surface area (TPSA) is 3.24 Å². The van der Waals surface area contributed by atoms with Crippen molar-refractivity contribution >= 4 is 0 Å². The molecule has 1 aromatic carbocycles. The highest BCUT2D eigenvalue weighted by Crippen LogP contribution is 2.31. The Labute approximate surface area is 87.5 Å². The second-order valence-corrected chi connectivity index (χ2v) is 3.63. The molecule has 0 aliphatic carbocycles. The fourth-order valence-electron chi connectivity index (χ4n) is 1.29. The maximum Gasteiger partial charge on any atom is 0.416 e. The largest absolute Gasteiger partial charge is 0.416 e. The Balaban J connectivity index is 2.87. The molecule has 1 nitrogen and oxygen atoms in total. The Morgan fingerprint density at radius 2 is 2.00 bits per heavy atom. The standard InChI is InChI=1S/C11H13F3N/c1-15(2)8-7-9-5-3-4-6-10(9)11(12,13)14/h3,5-6H,7-8H2,1-2H3. The lowest BCUT2D eigenvalue weighted by Crippen LogP contribution is -2.17. The Morgan fingerprint density at radius 1 is 1.33 bits per heavy atom. The van der Waals surface area contributed by atoms with Crippen LogP contribution in [0, 0.1) is 6.07 Å². The molecule has 0 heterocycles. The number of likely N-dealkylation sites (N-methyl/N-ethyl adjacent to an activating group) is 1. The fourth-order valence-corrected chi connectivity index (χ4v) is 1.29. The van der Waals surface area contributed by atoms with Gasteiger partial charge in [0.2, 0.25) is 0 Å². The minimum absolute atomic E-state index is 0.329. The third-order valence-electron chi connectivity index (χ3n) is 2.09. The van der Waals surface area contributed by atoms with Crippen LogP contribution in [0.2, 0.25) is 0 Å². The maximum absolute atomic E-state index is 12.5. The average Bonchev–Trinajstić information content (AvgIpc) is 2.13. The number of hydrogen-bond donors (Lipinski definition) is 0. The molecular formula is C11H13F3N. The van der Waals surface area contributed by atoms with E-state index >= 15 is 0 Å². The van der Waals surface area contributed by atoms with Crippen molar-refractivity contribution in [3.05, 3.63) is 35.4 Å². The summed E-state index contributed by atoms with van der Waals surface area (Å²) in [4.78, 5) is 1.86. The molecule has 0 atom stereocenters. The summed E-state index contributed by atoms with van der Waals surface area (Å²) in [7, 11) is 3.67. The van der Waals surface area contributed by atoms with Gasteiger partial charge in [0.05, 0.1) is 5.56 Å². The van der Waals surface area contributed by atoms with Crippen molar-refractivity contribution in [2.45, 2.75) is 12.6 Å². The van der Waals surface area contributed by atoms with E-state index in [0.717, 1.165) is 6.07 Å². The van der Waals surface area contributed by atoms with Gasteiger partial charge < -0.3 is 4.90 Å². The van der Waals surface area contributed by atoms with Crippen molar-refractivity contribution in [3.8, 4) is 0 Å². The van der Waals surface area contributed by atoms with Gasteiger partial charge in [-0.1, -0.05) is 12.1 Å². The molecule has 0 unspecified atom stereocenters. The third-order valence-corrected chi connectivity index (χ3v) is 2.09. The van der Waals surface area contributed by atoms with E-state index in [1.807, 2.05) is 19.0 Å². The molecule has 1 rings (SSSR count).